The van der Waals surface area contributed by atoms with Crippen molar-refractivity contribution in [2.24, 2.45) is 29.1 Å². The molecule has 0 aromatic carbocycles. The predicted octanol–water partition coefficient (Wildman–Crippen LogP) is 1.59. The van der Waals surface area contributed by atoms with E-state index in [9.17, 15) is 14.7 Å². The number of hydrogen-bond donors (Lipinski definition) is 1. The van der Waals surface area contributed by atoms with Crippen LogP contribution in [0.25, 0.3) is 0 Å². The van der Waals surface area contributed by atoms with Crippen molar-refractivity contribution in [2.45, 2.75) is 39.7 Å². The van der Waals surface area contributed by atoms with Crippen molar-refractivity contribution in [1.29, 1.82) is 0 Å². The summed E-state index contributed by atoms with van der Waals surface area (Å²) < 4.78 is 0. The highest BCUT2D eigenvalue weighted by Crippen LogP contribution is 2.53. The summed E-state index contributed by atoms with van der Waals surface area (Å²) in [6.45, 7) is 6.07. The maximum atomic E-state index is 12.7. The Kier molecular flexibility index (Phi) is 3.05. The van der Waals surface area contributed by atoms with Gasteiger partial charge in [0.2, 0.25) is 11.8 Å². The molecule has 2 amide bonds. The fourth-order valence-electron chi connectivity index (χ4n) is 4.30. The summed E-state index contributed by atoms with van der Waals surface area (Å²) in [7, 11) is 0. The van der Waals surface area contributed by atoms with E-state index in [1.807, 2.05) is 20.8 Å². The second-order valence-corrected chi connectivity index (χ2v) is 7.44. The van der Waals surface area contributed by atoms with Crippen molar-refractivity contribution in [1.82, 2.24) is 4.90 Å². The van der Waals surface area contributed by atoms with E-state index in [1.165, 1.54) is 4.90 Å². The van der Waals surface area contributed by atoms with E-state index in [0.29, 0.717) is 6.42 Å². The summed E-state index contributed by atoms with van der Waals surface area (Å²) in [6.07, 6.45) is 5.64. The molecule has 5 unspecified atom stereocenters. The molecule has 4 heteroatoms. The molecule has 4 nitrogen and oxygen atoms in total. The number of fused-ring (bicyclic) bond motifs is 5. The van der Waals surface area contributed by atoms with Gasteiger partial charge in [-0.15, -0.1) is 0 Å². The standard InChI is InChI=1S/C16H23NO3/c1-16(2,3)11(6-7-18)17-14(19)12-9-4-5-10(8-9)13(12)15(17)20/h4-5,9-13,18H,6-8H2,1-3H3. The maximum absolute atomic E-state index is 12.7. The Bertz CT molecular complexity index is 447. The number of aliphatic hydroxyl groups excluding tert-OH is 1. The minimum atomic E-state index is -0.211. The van der Waals surface area contributed by atoms with Crippen LogP contribution in [-0.4, -0.2) is 34.5 Å². The molecule has 0 spiro atoms. The fraction of sp³-hybridized carbons (Fsp3) is 0.750. The van der Waals surface area contributed by atoms with Gasteiger partial charge < -0.3 is 5.11 Å². The van der Waals surface area contributed by atoms with Crippen molar-refractivity contribution in [2.75, 3.05) is 6.61 Å². The summed E-state index contributed by atoms with van der Waals surface area (Å²) in [5.41, 5.74) is -0.209. The zero-order valence-corrected chi connectivity index (χ0v) is 12.4. The van der Waals surface area contributed by atoms with Gasteiger partial charge in [0.05, 0.1) is 11.8 Å². The minimum Gasteiger partial charge on any atom is -0.396 e. The largest absolute Gasteiger partial charge is 0.396 e. The lowest BCUT2D eigenvalue weighted by Gasteiger charge is -2.37. The molecule has 1 N–H and O–H groups in total. The van der Waals surface area contributed by atoms with Crippen molar-refractivity contribution < 1.29 is 14.7 Å². The summed E-state index contributed by atoms with van der Waals surface area (Å²) in [5, 5.41) is 9.29. The highest BCUT2D eigenvalue weighted by molar-refractivity contribution is 6.06. The number of rotatable bonds is 3. The molecule has 2 fully saturated rings. The maximum Gasteiger partial charge on any atom is 0.233 e. The van der Waals surface area contributed by atoms with Gasteiger partial charge in [-0.2, -0.15) is 0 Å². The van der Waals surface area contributed by atoms with Gasteiger partial charge in [0.15, 0.2) is 0 Å². The molecule has 3 aliphatic rings. The van der Waals surface area contributed by atoms with Gasteiger partial charge in [-0.1, -0.05) is 32.9 Å². The molecular weight excluding hydrogens is 254 g/mol. The molecule has 3 rings (SSSR count). The molecule has 2 aliphatic carbocycles. The number of amides is 2. The van der Waals surface area contributed by atoms with Gasteiger partial charge in [0.1, 0.15) is 0 Å². The third kappa shape index (κ3) is 1.77. The van der Waals surface area contributed by atoms with Crippen molar-refractivity contribution in [3.05, 3.63) is 12.2 Å². The van der Waals surface area contributed by atoms with Crippen LogP contribution in [0, 0.1) is 29.1 Å². The Morgan fingerprint density at radius 2 is 1.70 bits per heavy atom. The summed E-state index contributed by atoms with van der Waals surface area (Å²) >= 11 is 0. The Morgan fingerprint density at radius 1 is 1.20 bits per heavy atom. The van der Waals surface area contributed by atoms with Crippen LogP contribution in [0.3, 0.4) is 0 Å². The number of likely N-dealkylation sites (tertiary alicyclic amines) is 1. The molecule has 1 saturated carbocycles. The SMILES string of the molecule is CC(C)(C)C(CCO)N1C(=O)C2C3C=CC(C3)C2C1=O. The smallest absolute Gasteiger partial charge is 0.233 e. The predicted molar refractivity (Wildman–Crippen MR) is 74.5 cm³/mol. The van der Waals surface area contributed by atoms with E-state index in [2.05, 4.69) is 12.2 Å². The topological polar surface area (TPSA) is 57.6 Å². The zero-order valence-electron chi connectivity index (χ0n) is 12.4. The molecule has 0 aromatic rings. The number of nitrogens with zero attached hydrogens (tertiary/aromatic N) is 1. The molecule has 0 radical (unpaired) electrons. The molecule has 1 aliphatic heterocycles. The third-order valence-corrected chi connectivity index (χ3v) is 5.22. The van der Waals surface area contributed by atoms with E-state index in [-0.39, 0.29) is 53.5 Å². The van der Waals surface area contributed by atoms with Crippen molar-refractivity contribution in [3.63, 3.8) is 0 Å². The Morgan fingerprint density at radius 3 is 2.10 bits per heavy atom. The molecule has 20 heavy (non-hydrogen) atoms. The van der Waals surface area contributed by atoms with Crippen LogP contribution >= 0.6 is 0 Å². The summed E-state index contributed by atoms with van der Waals surface area (Å²) in [6, 6.07) is -0.211. The highest BCUT2D eigenvalue weighted by Gasteiger charge is 2.61. The number of imide groups is 1. The average Bonchev–Trinajstić information content (AvgIpc) is 3.01. The van der Waals surface area contributed by atoms with E-state index in [0.717, 1.165) is 6.42 Å². The van der Waals surface area contributed by atoms with Gasteiger partial charge in [-0.25, -0.2) is 0 Å². The lowest BCUT2D eigenvalue weighted by molar-refractivity contribution is -0.146. The van der Waals surface area contributed by atoms with Crippen LogP contribution < -0.4 is 0 Å². The van der Waals surface area contributed by atoms with Gasteiger partial charge >= 0.3 is 0 Å². The number of aliphatic hydroxyl groups is 1. The quantitative estimate of drug-likeness (QED) is 0.629. The molecule has 1 heterocycles. The number of allylic oxidation sites excluding steroid dienone is 2. The van der Waals surface area contributed by atoms with E-state index in [1.54, 1.807) is 0 Å². The molecule has 110 valence electrons. The lowest BCUT2D eigenvalue weighted by atomic mass is 9.83. The normalized spacial score (nSPS) is 36.9. The van der Waals surface area contributed by atoms with Crippen LogP contribution in [0.15, 0.2) is 12.2 Å². The van der Waals surface area contributed by atoms with Crippen LogP contribution in [0.1, 0.15) is 33.6 Å². The molecule has 5 atom stereocenters. The first-order valence-corrected chi connectivity index (χ1v) is 7.52. The number of hydrogen-bond acceptors (Lipinski definition) is 3. The van der Waals surface area contributed by atoms with E-state index in [4.69, 9.17) is 0 Å². The highest BCUT2D eigenvalue weighted by atomic mass is 16.3. The summed E-state index contributed by atoms with van der Waals surface area (Å²) in [5.74, 6) is 0.208. The van der Waals surface area contributed by atoms with E-state index < -0.39 is 0 Å². The molecule has 2 bridgehead atoms. The zero-order chi connectivity index (χ0) is 14.7. The molecule has 0 aromatic heterocycles. The third-order valence-electron chi connectivity index (χ3n) is 5.22. The first-order valence-electron chi connectivity index (χ1n) is 7.52. The Hall–Kier alpha value is -1.16. The monoisotopic (exact) mass is 277 g/mol. The average molecular weight is 277 g/mol. The Labute approximate surface area is 119 Å². The van der Waals surface area contributed by atoms with Crippen molar-refractivity contribution >= 4 is 11.8 Å². The van der Waals surface area contributed by atoms with Gasteiger partial charge in [-0.3, -0.25) is 14.5 Å². The summed E-state index contributed by atoms with van der Waals surface area (Å²) in [4.78, 5) is 27.0. The van der Waals surface area contributed by atoms with Gasteiger partial charge in [0, 0.05) is 12.6 Å². The second kappa shape index (κ2) is 4.42. The van der Waals surface area contributed by atoms with Gasteiger partial charge in [0.25, 0.3) is 0 Å². The van der Waals surface area contributed by atoms with Crippen LogP contribution in [0.2, 0.25) is 0 Å². The van der Waals surface area contributed by atoms with Crippen LogP contribution in [-0.2, 0) is 9.59 Å². The fourth-order valence-corrected chi connectivity index (χ4v) is 4.30. The first kappa shape index (κ1) is 13.8. The lowest BCUT2D eigenvalue weighted by Crippen LogP contribution is -2.49. The number of carbonyl (C=O) groups is 2. The number of carbonyl (C=O) groups excluding carboxylic acids is 2. The minimum absolute atomic E-state index is 0.000558. The van der Waals surface area contributed by atoms with E-state index >= 15 is 0 Å². The van der Waals surface area contributed by atoms with Crippen LogP contribution in [0.4, 0.5) is 0 Å². The van der Waals surface area contributed by atoms with Gasteiger partial charge in [-0.05, 0) is 30.1 Å². The molecule has 1 saturated heterocycles. The Balaban J connectivity index is 1.92. The van der Waals surface area contributed by atoms with Crippen LogP contribution in [0.5, 0.6) is 0 Å². The van der Waals surface area contributed by atoms with Crippen molar-refractivity contribution in [3.8, 4) is 0 Å². The molecular formula is C16H23NO3. The first-order chi connectivity index (χ1) is 9.36. The second-order valence-electron chi connectivity index (χ2n) is 7.44.